The number of thioether (sulfide) groups is 1. The molecule has 176 valence electrons. The minimum atomic E-state index is -0.133. The van der Waals surface area contributed by atoms with Crippen LogP contribution < -0.4 is 10.1 Å². The van der Waals surface area contributed by atoms with Crippen molar-refractivity contribution in [2.75, 3.05) is 19.0 Å². The van der Waals surface area contributed by atoms with Crippen LogP contribution in [0.15, 0.2) is 65.1 Å². The van der Waals surface area contributed by atoms with Crippen molar-refractivity contribution in [3.05, 3.63) is 71.5 Å². The minimum Gasteiger partial charge on any atom is -0.485 e. The largest absolute Gasteiger partial charge is 0.485 e. The molecule has 2 aromatic heterocycles. The van der Waals surface area contributed by atoms with Crippen molar-refractivity contribution in [3.8, 4) is 16.9 Å². The van der Waals surface area contributed by atoms with Gasteiger partial charge in [0, 0.05) is 37.3 Å². The van der Waals surface area contributed by atoms with E-state index in [1.807, 2.05) is 52.4 Å². The zero-order valence-electron chi connectivity index (χ0n) is 18.9. The molecule has 0 saturated carbocycles. The Hall–Kier alpha value is -3.21. The van der Waals surface area contributed by atoms with Gasteiger partial charge in [0.05, 0.1) is 12.3 Å². The Morgan fingerprint density at radius 3 is 2.71 bits per heavy atom. The van der Waals surface area contributed by atoms with E-state index in [1.165, 1.54) is 30.0 Å². The van der Waals surface area contributed by atoms with Gasteiger partial charge < -0.3 is 19.4 Å². The number of ether oxygens (including phenoxy) is 2. The number of carbonyl (C=O) groups excluding carboxylic acids is 1. The Bertz CT molecular complexity index is 1230. The highest BCUT2D eigenvalue weighted by Crippen LogP contribution is 2.30. The molecule has 0 fully saturated rings. The molecule has 34 heavy (non-hydrogen) atoms. The lowest BCUT2D eigenvalue weighted by Gasteiger charge is -2.13. The monoisotopic (exact) mass is 495 g/mol. The molecule has 10 heteroatoms. The Labute approximate surface area is 206 Å². The summed E-state index contributed by atoms with van der Waals surface area (Å²) in [5.41, 5.74) is 2.99. The predicted octanol–water partition coefficient (Wildman–Crippen LogP) is 4.88. The SMILES string of the molecule is COCCn1c(COc2ccccc2-c2ccccc2)nnc1SCc1csc(NC(C)=O)n1. The third kappa shape index (κ3) is 6.22. The highest BCUT2D eigenvalue weighted by Gasteiger charge is 2.15. The van der Waals surface area contributed by atoms with Crippen LogP contribution in [0.25, 0.3) is 11.1 Å². The van der Waals surface area contributed by atoms with Crippen molar-refractivity contribution >= 4 is 34.1 Å². The molecular weight excluding hydrogens is 470 g/mol. The molecule has 4 aromatic rings. The Morgan fingerprint density at radius 1 is 1.12 bits per heavy atom. The van der Waals surface area contributed by atoms with Crippen molar-refractivity contribution in [2.24, 2.45) is 0 Å². The van der Waals surface area contributed by atoms with Gasteiger partial charge in [-0.15, -0.1) is 21.5 Å². The Kier molecular flexibility index (Phi) is 8.29. The average Bonchev–Trinajstić information content (AvgIpc) is 3.46. The van der Waals surface area contributed by atoms with Crippen LogP contribution in [0.1, 0.15) is 18.4 Å². The lowest BCUT2D eigenvalue weighted by molar-refractivity contribution is -0.114. The first-order chi connectivity index (χ1) is 16.6. The molecule has 0 spiro atoms. The summed E-state index contributed by atoms with van der Waals surface area (Å²) in [4.78, 5) is 15.7. The number of methoxy groups -OCH3 is 1. The first-order valence-corrected chi connectivity index (χ1v) is 12.5. The van der Waals surface area contributed by atoms with E-state index in [-0.39, 0.29) is 12.5 Å². The standard InChI is InChI=1S/C24H25N5O3S2/c1-17(30)25-23-26-19(15-33-23)16-34-24-28-27-22(29(24)12-13-31-2)14-32-21-11-7-6-10-20(21)18-8-4-3-5-9-18/h3-11,15H,12-14,16H2,1-2H3,(H,25,26,30). The molecule has 0 bridgehead atoms. The maximum Gasteiger partial charge on any atom is 0.223 e. The molecule has 1 amide bonds. The lowest BCUT2D eigenvalue weighted by atomic mass is 10.1. The summed E-state index contributed by atoms with van der Waals surface area (Å²) >= 11 is 2.94. The van der Waals surface area contributed by atoms with Gasteiger partial charge in [0.2, 0.25) is 5.91 Å². The normalized spacial score (nSPS) is 10.9. The molecular formula is C24H25N5O3S2. The first kappa shape index (κ1) is 23.9. The number of hydrogen-bond acceptors (Lipinski definition) is 8. The number of para-hydroxylation sites is 1. The van der Waals surface area contributed by atoms with Crippen LogP contribution in [0.5, 0.6) is 5.75 Å². The molecule has 4 rings (SSSR count). The van der Waals surface area contributed by atoms with Gasteiger partial charge in [0.25, 0.3) is 0 Å². The molecule has 0 unspecified atom stereocenters. The van der Waals surface area contributed by atoms with Crippen LogP contribution in [-0.4, -0.2) is 39.4 Å². The number of nitrogens with zero attached hydrogens (tertiary/aromatic N) is 4. The summed E-state index contributed by atoms with van der Waals surface area (Å²) in [7, 11) is 1.67. The fraction of sp³-hybridized carbons (Fsp3) is 0.250. The highest BCUT2D eigenvalue weighted by atomic mass is 32.2. The van der Waals surface area contributed by atoms with Crippen molar-refractivity contribution < 1.29 is 14.3 Å². The number of hydrogen-bond donors (Lipinski definition) is 1. The fourth-order valence-electron chi connectivity index (χ4n) is 3.25. The molecule has 8 nitrogen and oxygen atoms in total. The summed E-state index contributed by atoms with van der Waals surface area (Å²) in [5.74, 6) is 1.99. The van der Waals surface area contributed by atoms with Crippen LogP contribution in [0.4, 0.5) is 5.13 Å². The number of aromatic nitrogens is 4. The van der Waals surface area contributed by atoms with Gasteiger partial charge in [-0.2, -0.15) is 0 Å². The van der Waals surface area contributed by atoms with E-state index in [9.17, 15) is 4.79 Å². The molecule has 0 aliphatic carbocycles. The van der Waals surface area contributed by atoms with Gasteiger partial charge in [-0.25, -0.2) is 4.98 Å². The lowest BCUT2D eigenvalue weighted by Crippen LogP contribution is -2.12. The van der Waals surface area contributed by atoms with Crippen molar-refractivity contribution in [2.45, 2.75) is 31.0 Å². The van der Waals surface area contributed by atoms with Gasteiger partial charge in [-0.05, 0) is 11.6 Å². The van der Waals surface area contributed by atoms with E-state index in [2.05, 4.69) is 32.6 Å². The number of benzene rings is 2. The molecule has 2 aromatic carbocycles. The first-order valence-electron chi connectivity index (χ1n) is 10.7. The quantitative estimate of drug-likeness (QED) is 0.297. The van der Waals surface area contributed by atoms with E-state index in [1.54, 1.807) is 7.11 Å². The summed E-state index contributed by atoms with van der Waals surface area (Å²) in [6, 6.07) is 18.1. The third-order valence-corrected chi connectivity index (χ3v) is 6.63. The van der Waals surface area contributed by atoms with E-state index >= 15 is 0 Å². The second kappa shape index (κ2) is 11.8. The van der Waals surface area contributed by atoms with Crippen LogP contribution in [-0.2, 0) is 28.4 Å². The van der Waals surface area contributed by atoms with Gasteiger partial charge in [-0.1, -0.05) is 60.3 Å². The summed E-state index contributed by atoms with van der Waals surface area (Å²) in [6.45, 7) is 2.89. The van der Waals surface area contributed by atoms with Crippen LogP contribution in [0, 0.1) is 0 Å². The van der Waals surface area contributed by atoms with Gasteiger partial charge in [0.1, 0.15) is 12.4 Å². The zero-order valence-corrected chi connectivity index (χ0v) is 20.6. The van der Waals surface area contributed by atoms with Crippen LogP contribution >= 0.6 is 23.1 Å². The molecule has 0 aliphatic rings. The molecule has 0 saturated heterocycles. The molecule has 1 N–H and O–H groups in total. The molecule has 0 atom stereocenters. The smallest absolute Gasteiger partial charge is 0.223 e. The zero-order chi connectivity index (χ0) is 23.8. The third-order valence-electron chi connectivity index (χ3n) is 4.82. The van der Waals surface area contributed by atoms with Crippen molar-refractivity contribution in [1.29, 1.82) is 0 Å². The summed E-state index contributed by atoms with van der Waals surface area (Å²) in [6.07, 6.45) is 0. The molecule has 2 heterocycles. The van der Waals surface area contributed by atoms with E-state index in [0.717, 1.165) is 33.6 Å². The maximum absolute atomic E-state index is 11.2. The average molecular weight is 496 g/mol. The van der Waals surface area contributed by atoms with Gasteiger partial charge >= 0.3 is 0 Å². The Balaban J connectivity index is 1.47. The maximum atomic E-state index is 11.2. The molecule has 0 aliphatic heterocycles. The van der Waals surface area contributed by atoms with Gasteiger partial charge in [-0.3, -0.25) is 4.79 Å². The minimum absolute atomic E-state index is 0.133. The topological polar surface area (TPSA) is 91.2 Å². The highest BCUT2D eigenvalue weighted by molar-refractivity contribution is 7.98. The van der Waals surface area contributed by atoms with Gasteiger partial charge in [0.15, 0.2) is 16.1 Å². The Morgan fingerprint density at radius 2 is 1.91 bits per heavy atom. The van der Waals surface area contributed by atoms with Crippen LogP contribution in [0.2, 0.25) is 0 Å². The summed E-state index contributed by atoms with van der Waals surface area (Å²) in [5, 5.41) is 14.8. The number of anilines is 1. The van der Waals surface area contributed by atoms with E-state index in [4.69, 9.17) is 9.47 Å². The number of rotatable bonds is 11. The predicted molar refractivity (Wildman–Crippen MR) is 134 cm³/mol. The number of thiazole rings is 1. The number of amides is 1. The van der Waals surface area contributed by atoms with Crippen molar-refractivity contribution in [3.63, 3.8) is 0 Å². The second-order valence-corrected chi connectivity index (χ2v) is 9.11. The van der Waals surface area contributed by atoms with E-state index < -0.39 is 0 Å². The van der Waals surface area contributed by atoms with Crippen LogP contribution in [0.3, 0.4) is 0 Å². The number of nitrogens with one attached hydrogen (secondary N) is 1. The fourth-order valence-corrected chi connectivity index (χ4v) is 4.99. The second-order valence-electron chi connectivity index (χ2n) is 7.31. The number of carbonyl (C=O) groups is 1. The molecule has 0 radical (unpaired) electrons. The summed E-state index contributed by atoms with van der Waals surface area (Å²) < 4.78 is 13.5. The van der Waals surface area contributed by atoms with E-state index in [0.29, 0.717) is 24.0 Å². The van der Waals surface area contributed by atoms with Crippen molar-refractivity contribution in [1.82, 2.24) is 19.7 Å².